The maximum atomic E-state index is 13.4. The molecule has 3 rings (SSSR count). The molecule has 0 aromatic heterocycles. The molecule has 0 unspecified atom stereocenters. The summed E-state index contributed by atoms with van der Waals surface area (Å²) in [4.78, 5) is 22.4. The summed E-state index contributed by atoms with van der Waals surface area (Å²) in [5.74, 6) is -0.928. The van der Waals surface area contributed by atoms with Crippen molar-refractivity contribution in [3.8, 4) is 0 Å². The molecule has 0 spiro atoms. The first kappa shape index (κ1) is 26.3. The smallest absolute Gasteiger partial charge is 0.323 e. The van der Waals surface area contributed by atoms with Gasteiger partial charge in [-0.15, -0.1) is 0 Å². The quantitative estimate of drug-likeness (QED) is 0.299. The third-order valence-electron chi connectivity index (χ3n) is 4.60. The fourth-order valence-electron chi connectivity index (χ4n) is 2.96. The average molecular weight is 548 g/mol. The van der Waals surface area contributed by atoms with Gasteiger partial charge < -0.3 is 5.32 Å². The van der Waals surface area contributed by atoms with Crippen molar-refractivity contribution in [3.63, 3.8) is 0 Å². The molecule has 1 N–H and O–H groups in total. The van der Waals surface area contributed by atoms with Crippen molar-refractivity contribution in [3.05, 3.63) is 92.5 Å². The number of nitro groups is 1. The lowest BCUT2D eigenvalue weighted by Crippen LogP contribution is -2.38. The van der Waals surface area contributed by atoms with Gasteiger partial charge in [0, 0.05) is 6.07 Å². The highest BCUT2D eigenvalue weighted by atomic mass is 35.5. The first-order valence-corrected chi connectivity index (χ1v) is 11.7. The zero-order chi connectivity index (χ0) is 26.0. The largest absolute Gasteiger partial charge is 0.416 e. The van der Waals surface area contributed by atoms with E-state index in [9.17, 15) is 36.5 Å². The highest BCUT2D eigenvalue weighted by Crippen LogP contribution is 2.34. The third kappa shape index (κ3) is 6.02. The van der Waals surface area contributed by atoms with E-state index in [2.05, 4.69) is 5.32 Å². The Morgan fingerprint density at radius 1 is 1.00 bits per heavy atom. The molecule has 8 nitrogen and oxygen atoms in total. The topological polar surface area (TPSA) is 110 Å². The Bertz CT molecular complexity index is 1400. The zero-order valence-electron chi connectivity index (χ0n) is 17.3. The van der Waals surface area contributed by atoms with Crippen molar-refractivity contribution in [2.24, 2.45) is 0 Å². The number of nitrogens with zero attached hydrogens (tertiary/aromatic N) is 2. The van der Waals surface area contributed by atoms with Crippen molar-refractivity contribution in [2.75, 3.05) is 16.2 Å². The summed E-state index contributed by atoms with van der Waals surface area (Å²) in [7, 11) is -4.78. The summed E-state index contributed by atoms with van der Waals surface area (Å²) in [6.07, 6.45) is -4.80. The van der Waals surface area contributed by atoms with Gasteiger partial charge in [0.1, 0.15) is 11.6 Å². The minimum Gasteiger partial charge on any atom is -0.323 e. The fraction of sp³-hybridized carbons (Fsp3) is 0.0952. The van der Waals surface area contributed by atoms with Crippen LogP contribution in [-0.4, -0.2) is 25.8 Å². The Morgan fingerprint density at radius 3 is 2.31 bits per heavy atom. The number of carbonyl (C=O) groups is 1. The second kappa shape index (κ2) is 10.1. The number of amides is 1. The summed E-state index contributed by atoms with van der Waals surface area (Å²) >= 11 is 11.7. The molecular weight excluding hydrogens is 534 g/mol. The van der Waals surface area contributed by atoms with Gasteiger partial charge in [-0.2, -0.15) is 13.2 Å². The standard InChI is InChI=1S/C21H14Cl2F3N3O5S/c22-16-6-1-2-7-18(16)27-20(30)12-28(14-5-3-4-13(10-14)21(24,25)26)35(33,34)15-8-9-17(23)19(11-15)29(31)32/h1-11H,12H2,(H,27,30). The second-order valence-corrected chi connectivity index (χ2v) is 9.63. The van der Waals surface area contributed by atoms with E-state index in [1.54, 1.807) is 12.1 Å². The minimum absolute atomic E-state index is 0.141. The molecule has 3 aromatic rings. The average Bonchev–Trinajstić information content (AvgIpc) is 2.78. The number of sulfonamides is 1. The van der Waals surface area contributed by atoms with Gasteiger partial charge in [-0.25, -0.2) is 8.42 Å². The van der Waals surface area contributed by atoms with E-state index in [0.717, 1.165) is 30.3 Å². The van der Waals surface area contributed by atoms with E-state index in [0.29, 0.717) is 16.4 Å². The van der Waals surface area contributed by atoms with Gasteiger partial charge in [-0.3, -0.25) is 19.2 Å². The Kier molecular flexibility index (Phi) is 7.58. The molecule has 0 aliphatic heterocycles. The molecule has 0 aliphatic rings. The van der Waals surface area contributed by atoms with Gasteiger partial charge in [0.2, 0.25) is 5.91 Å². The number of hydrogen-bond donors (Lipinski definition) is 1. The van der Waals surface area contributed by atoms with Crippen molar-refractivity contribution < 1.29 is 31.3 Å². The summed E-state index contributed by atoms with van der Waals surface area (Å²) < 4.78 is 67.1. The Labute approximate surface area is 207 Å². The van der Waals surface area contributed by atoms with E-state index in [4.69, 9.17) is 23.2 Å². The van der Waals surface area contributed by atoms with Crippen LogP contribution in [0.2, 0.25) is 10.0 Å². The zero-order valence-corrected chi connectivity index (χ0v) is 19.6. The Balaban J connectivity index is 2.09. The van der Waals surface area contributed by atoms with Gasteiger partial charge in [0.15, 0.2) is 0 Å². The lowest BCUT2D eigenvalue weighted by molar-refractivity contribution is -0.384. The van der Waals surface area contributed by atoms with Crippen LogP contribution >= 0.6 is 23.2 Å². The van der Waals surface area contributed by atoms with Crippen LogP contribution in [0, 0.1) is 10.1 Å². The van der Waals surface area contributed by atoms with Gasteiger partial charge >= 0.3 is 6.18 Å². The molecule has 0 bridgehead atoms. The number of carbonyl (C=O) groups excluding carboxylic acids is 1. The molecular formula is C21H14Cl2F3N3O5S. The lowest BCUT2D eigenvalue weighted by Gasteiger charge is -2.25. The van der Waals surface area contributed by atoms with Crippen LogP contribution in [0.1, 0.15) is 5.56 Å². The molecule has 14 heteroatoms. The fourth-order valence-corrected chi connectivity index (χ4v) is 4.76. The van der Waals surface area contributed by atoms with E-state index in [1.807, 2.05) is 0 Å². The monoisotopic (exact) mass is 547 g/mol. The van der Waals surface area contributed by atoms with Gasteiger partial charge in [-0.1, -0.05) is 41.4 Å². The predicted octanol–water partition coefficient (Wildman–Crippen LogP) is 5.75. The summed E-state index contributed by atoms with van der Waals surface area (Å²) in [6.45, 7) is -0.967. The number of halogens is 5. The van der Waals surface area contributed by atoms with Gasteiger partial charge in [0.05, 0.1) is 31.8 Å². The van der Waals surface area contributed by atoms with E-state index in [-0.39, 0.29) is 15.7 Å². The van der Waals surface area contributed by atoms with Crippen LogP contribution in [0.25, 0.3) is 0 Å². The van der Waals surface area contributed by atoms with Crippen LogP contribution < -0.4 is 9.62 Å². The summed E-state index contributed by atoms with van der Waals surface area (Å²) in [5, 5.41) is 13.4. The van der Waals surface area contributed by atoms with E-state index < -0.39 is 55.4 Å². The van der Waals surface area contributed by atoms with Crippen LogP contribution in [0.4, 0.5) is 30.2 Å². The molecule has 35 heavy (non-hydrogen) atoms. The maximum Gasteiger partial charge on any atom is 0.416 e. The van der Waals surface area contributed by atoms with Crippen LogP contribution in [0.5, 0.6) is 0 Å². The highest BCUT2D eigenvalue weighted by Gasteiger charge is 2.34. The molecule has 1 amide bonds. The first-order chi connectivity index (χ1) is 16.3. The molecule has 0 atom stereocenters. The predicted molar refractivity (Wildman–Crippen MR) is 124 cm³/mol. The Morgan fingerprint density at radius 2 is 1.69 bits per heavy atom. The number of hydrogen-bond acceptors (Lipinski definition) is 5. The number of alkyl halides is 3. The molecule has 0 saturated heterocycles. The number of anilines is 2. The number of nitrogens with one attached hydrogen (secondary N) is 1. The third-order valence-corrected chi connectivity index (χ3v) is 7.02. The maximum absolute atomic E-state index is 13.4. The van der Waals surface area contributed by atoms with E-state index in [1.165, 1.54) is 12.1 Å². The molecule has 0 heterocycles. The number of benzene rings is 3. The molecule has 0 fully saturated rings. The van der Waals surface area contributed by atoms with Crippen molar-refractivity contribution in [2.45, 2.75) is 11.1 Å². The minimum atomic E-state index is -4.80. The molecule has 184 valence electrons. The second-order valence-electron chi connectivity index (χ2n) is 6.96. The Hall–Kier alpha value is -3.35. The number of nitro benzene ring substituents is 1. The van der Waals surface area contributed by atoms with Crippen molar-refractivity contribution in [1.82, 2.24) is 0 Å². The van der Waals surface area contributed by atoms with Crippen LogP contribution in [0.3, 0.4) is 0 Å². The summed E-state index contributed by atoms with van der Waals surface area (Å²) in [5.41, 5.74) is -2.25. The van der Waals surface area contributed by atoms with Gasteiger partial charge in [0.25, 0.3) is 15.7 Å². The summed E-state index contributed by atoms with van der Waals surface area (Å²) in [6, 6.07) is 11.9. The van der Waals surface area contributed by atoms with Crippen molar-refractivity contribution >= 4 is 56.2 Å². The van der Waals surface area contributed by atoms with Crippen molar-refractivity contribution in [1.29, 1.82) is 0 Å². The van der Waals surface area contributed by atoms with Gasteiger partial charge in [-0.05, 0) is 42.5 Å². The highest BCUT2D eigenvalue weighted by molar-refractivity contribution is 7.92. The number of rotatable bonds is 7. The molecule has 0 saturated carbocycles. The number of para-hydroxylation sites is 1. The molecule has 0 radical (unpaired) electrons. The SMILES string of the molecule is O=C(CN(c1cccc(C(F)(F)F)c1)S(=O)(=O)c1ccc(Cl)c([N+](=O)[O-])c1)Nc1ccccc1Cl. The molecule has 0 aliphatic carbocycles. The molecule has 3 aromatic carbocycles. The first-order valence-electron chi connectivity index (χ1n) is 9.49. The van der Waals surface area contributed by atoms with E-state index >= 15 is 0 Å². The normalized spacial score (nSPS) is 11.7. The lowest BCUT2D eigenvalue weighted by atomic mass is 10.2. The van der Waals surface area contributed by atoms with Crippen LogP contribution in [-0.2, 0) is 21.0 Å². The van der Waals surface area contributed by atoms with Crippen LogP contribution in [0.15, 0.2) is 71.6 Å².